The molecule has 0 bridgehead atoms. The van der Waals surface area contributed by atoms with Crippen LogP contribution in [-0.2, 0) is 0 Å². The molecule has 0 saturated carbocycles. The van der Waals surface area contributed by atoms with E-state index in [2.05, 4.69) is 10.3 Å². The first-order chi connectivity index (χ1) is 10.8. The van der Waals surface area contributed by atoms with Crippen LogP contribution in [0.5, 0.6) is 0 Å². The highest BCUT2D eigenvalue weighted by atomic mass is 32.1. The zero-order valence-corrected chi connectivity index (χ0v) is 14.5. The number of nitrogens with one attached hydrogen (secondary N) is 2. The normalized spacial score (nSPS) is 12.0. The maximum absolute atomic E-state index is 12.4. The van der Waals surface area contributed by atoms with Gasteiger partial charge in [0.25, 0.3) is 5.91 Å². The number of ketones is 2. The lowest BCUT2D eigenvalue weighted by Gasteiger charge is -2.12. The van der Waals surface area contributed by atoms with Crippen molar-refractivity contribution < 1.29 is 14.4 Å². The van der Waals surface area contributed by atoms with Crippen molar-refractivity contribution in [3.63, 3.8) is 0 Å². The van der Waals surface area contributed by atoms with Crippen LogP contribution in [-0.4, -0.2) is 28.5 Å². The van der Waals surface area contributed by atoms with Crippen LogP contribution in [0.3, 0.4) is 0 Å². The highest BCUT2D eigenvalue weighted by Crippen LogP contribution is 2.19. The topological polar surface area (TPSA) is 79.0 Å². The number of aromatic nitrogens is 1. The van der Waals surface area contributed by atoms with E-state index in [1.165, 1.54) is 18.3 Å². The maximum atomic E-state index is 12.4. The number of amides is 1. The van der Waals surface area contributed by atoms with Gasteiger partial charge in [-0.05, 0) is 44.7 Å². The number of aromatic amines is 1. The van der Waals surface area contributed by atoms with Crippen LogP contribution in [0.4, 0.5) is 0 Å². The lowest BCUT2D eigenvalue weighted by atomic mass is 10.1. The molecule has 0 aliphatic carbocycles. The zero-order chi connectivity index (χ0) is 17.1. The molecule has 2 aromatic heterocycles. The van der Waals surface area contributed by atoms with Crippen molar-refractivity contribution in [1.82, 2.24) is 10.3 Å². The highest BCUT2D eigenvalue weighted by Gasteiger charge is 2.21. The largest absolute Gasteiger partial charge is 0.354 e. The highest BCUT2D eigenvalue weighted by molar-refractivity contribution is 7.12. The molecular formula is C17H20N2O3S. The Morgan fingerprint density at radius 3 is 2.52 bits per heavy atom. The average Bonchev–Trinajstić information content (AvgIpc) is 3.06. The molecule has 0 radical (unpaired) electrons. The Bertz CT molecular complexity index is 744. The first kappa shape index (κ1) is 17.1. The van der Waals surface area contributed by atoms with Crippen LogP contribution in [0.15, 0.2) is 17.5 Å². The molecule has 0 aromatic carbocycles. The summed E-state index contributed by atoms with van der Waals surface area (Å²) in [6.45, 7) is 6.79. The molecule has 0 spiro atoms. The smallest absolute Gasteiger partial charge is 0.268 e. The molecule has 122 valence electrons. The van der Waals surface area contributed by atoms with E-state index < -0.39 is 0 Å². The Balaban J connectivity index is 2.06. The summed E-state index contributed by atoms with van der Waals surface area (Å²) in [4.78, 5) is 39.7. The van der Waals surface area contributed by atoms with Crippen molar-refractivity contribution in [3.8, 4) is 0 Å². The molecule has 0 fully saturated rings. The van der Waals surface area contributed by atoms with Gasteiger partial charge in [-0.3, -0.25) is 14.4 Å². The molecule has 0 aliphatic heterocycles. The first-order valence-corrected chi connectivity index (χ1v) is 8.27. The van der Waals surface area contributed by atoms with Crippen molar-refractivity contribution in [2.45, 2.75) is 40.2 Å². The quantitative estimate of drug-likeness (QED) is 0.797. The average molecular weight is 332 g/mol. The molecule has 23 heavy (non-hydrogen) atoms. The standard InChI is InChI=1S/C17H20N2O3S/c1-9(8-13(21)14-6-5-7-23-14)18-17(22)16-10(2)15(12(4)20)11(3)19-16/h5-7,9,19H,8H2,1-4H3,(H,18,22)/t9-/m1/s1. The van der Waals surface area contributed by atoms with Crippen LogP contribution in [0, 0.1) is 13.8 Å². The Morgan fingerprint density at radius 1 is 1.30 bits per heavy atom. The van der Waals surface area contributed by atoms with Crippen molar-refractivity contribution in [1.29, 1.82) is 0 Å². The molecule has 1 amide bonds. The van der Waals surface area contributed by atoms with Crippen molar-refractivity contribution in [2.24, 2.45) is 0 Å². The predicted octanol–water partition coefficient (Wildman–Crippen LogP) is 3.29. The van der Waals surface area contributed by atoms with E-state index in [-0.39, 0.29) is 29.9 Å². The van der Waals surface area contributed by atoms with Gasteiger partial charge in [-0.15, -0.1) is 11.3 Å². The number of Topliss-reactive ketones (excluding diaryl/α,β-unsaturated/α-hetero) is 2. The minimum Gasteiger partial charge on any atom is -0.354 e. The van der Waals surface area contributed by atoms with Gasteiger partial charge in [-0.25, -0.2) is 0 Å². The van der Waals surface area contributed by atoms with E-state index in [0.29, 0.717) is 27.4 Å². The zero-order valence-electron chi connectivity index (χ0n) is 13.6. The SMILES string of the molecule is CC(=O)c1c(C)[nH]c(C(=O)N[C@H](C)CC(=O)c2cccs2)c1C. The molecule has 6 heteroatoms. The monoisotopic (exact) mass is 332 g/mol. The predicted molar refractivity (Wildman–Crippen MR) is 90.5 cm³/mol. The Kier molecular flexibility index (Phi) is 5.15. The van der Waals surface area contributed by atoms with E-state index in [4.69, 9.17) is 0 Å². The van der Waals surface area contributed by atoms with Crippen molar-refractivity contribution in [2.75, 3.05) is 0 Å². The number of rotatable bonds is 6. The Morgan fingerprint density at radius 2 is 2.00 bits per heavy atom. The summed E-state index contributed by atoms with van der Waals surface area (Å²) in [5.74, 6) is -0.364. The molecule has 5 nitrogen and oxygen atoms in total. The fraction of sp³-hybridized carbons (Fsp3) is 0.353. The van der Waals surface area contributed by atoms with E-state index >= 15 is 0 Å². The number of carbonyl (C=O) groups is 3. The summed E-state index contributed by atoms with van der Waals surface area (Å²) in [7, 11) is 0. The summed E-state index contributed by atoms with van der Waals surface area (Å²) in [6.07, 6.45) is 0.241. The van der Waals surface area contributed by atoms with E-state index in [0.717, 1.165) is 0 Å². The molecule has 2 aromatic rings. The van der Waals surface area contributed by atoms with Gasteiger partial charge in [0.1, 0.15) is 5.69 Å². The first-order valence-electron chi connectivity index (χ1n) is 7.39. The van der Waals surface area contributed by atoms with Crippen LogP contribution in [0.2, 0.25) is 0 Å². The fourth-order valence-corrected chi connectivity index (χ4v) is 3.34. The van der Waals surface area contributed by atoms with Gasteiger partial charge in [0.15, 0.2) is 11.6 Å². The summed E-state index contributed by atoms with van der Waals surface area (Å²) in [5, 5.41) is 4.66. The van der Waals surface area contributed by atoms with Gasteiger partial charge in [-0.2, -0.15) is 0 Å². The van der Waals surface area contributed by atoms with Crippen molar-refractivity contribution in [3.05, 3.63) is 44.9 Å². The van der Waals surface area contributed by atoms with Crippen LogP contribution < -0.4 is 5.32 Å². The summed E-state index contributed by atoms with van der Waals surface area (Å²) in [6, 6.07) is 3.31. The van der Waals surface area contributed by atoms with Gasteiger partial charge in [0, 0.05) is 23.7 Å². The van der Waals surface area contributed by atoms with Crippen LogP contribution >= 0.6 is 11.3 Å². The lowest BCUT2D eigenvalue weighted by Crippen LogP contribution is -2.34. The second kappa shape index (κ2) is 6.91. The second-order valence-electron chi connectivity index (χ2n) is 5.66. The number of aryl methyl sites for hydroxylation is 1. The number of hydrogen-bond acceptors (Lipinski definition) is 4. The second-order valence-corrected chi connectivity index (χ2v) is 6.61. The Labute approximate surface area is 139 Å². The maximum Gasteiger partial charge on any atom is 0.268 e. The van der Waals surface area contributed by atoms with E-state index in [1.54, 1.807) is 26.8 Å². The minimum atomic E-state index is -0.301. The molecule has 0 unspecified atom stereocenters. The van der Waals surface area contributed by atoms with Crippen molar-refractivity contribution >= 4 is 28.8 Å². The van der Waals surface area contributed by atoms with Gasteiger partial charge < -0.3 is 10.3 Å². The van der Waals surface area contributed by atoms with Gasteiger partial charge in [0.05, 0.1) is 4.88 Å². The third kappa shape index (κ3) is 3.76. The molecule has 1 atom stereocenters. The molecule has 2 heterocycles. The summed E-state index contributed by atoms with van der Waals surface area (Å²) in [5.41, 5.74) is 2.26. The number of H-pyrrole nitrogens is 1. The lowest BCUT2D eigenvalue weighted by molar-refractivity contribution is 0.0915. The third-order valence-corrected chi connectivity index (χ3v) is 4.59. The number of hydrogen-bond donors (Lipinski definition) is 2. The molecule has 2 N–H and O–H groups in total. The summed E-state index contributed by atoms with van der Waals surface area (Å²) < 4.78 is 0. The van der Waals surface area contributed by atoms with E-state index in [1.807, 2.05) is 11.4 Å². The number of thiophene rings is 1. The molecule has 0 saturated heterocycles. The third-order valence-electron chi connectivity index (χ3n) is 3.68. The molecule has 0 aliphatic rings. The van der Waals surface area contributed by atoms with Gasteiger partial charge >= 0.3 is 0 Å². The van der Waals surface area contributed by atoms with Crippen LogP contribution in [0.25, 0.3) is 0 Å². The number of carbonyl (C=O) groups excluding carboxylic acids is 3. The fourth-order valence-electron chi connectivity index (χ4n) is 2.67. The Hall–Kier alpha value is -2.21. The molecular weight excluding hydrogens is 312 g/mol. The van der Waals surface area contributed by atoms with Gasteiger partial charge in [0.2, 0.25) is 0 Å². The molecule has 2 rings (SSSR count). The van der Waals surface area contributed by atoms with E-state index in [9.17, 15) is 14.4 Å². The summed E-state index contributed by atoms with van der Waals surface area (Å²) >= 11 is 1.39. The minimum absolute atomic E-state index is 0.0108. The van der Waals surface area contributed by atoms with Crippen LogP contribution in [0.1, 0.15) is 62.0 Å². The van der Waals surface area contributed by atoms with Gasteiger partial charge in [-0.1, -0.05) is 6.07 Å².